The summed E-state index contributed by atoms with van der Waals surface area (Å²) in [5.74, 6) is -2.87. The lowest BCUT2D eigenvalue weighted by Crippen LogP contribution is -2.36. The van der Waals surface area contributed by atoms with Crippen LogP contribution >= 0.6 is 34.8 Å². The van der Waals surface area contributed by atoms with E-state index in [9.17, 15) is 14.4 Å². The number of hydrogen-bond donors (Lipinski definition) is 0. The highest BCUT2D eigenvalue weighted by Crippen LogP contribution is 2.25. The number of rotatable bonds is 0. The Balaban J connectivity index is 3.27. The minimum atomic E-state index is -1.52. The zero-order valence-electron chi connectivity index (χ0n) is 5.44. The predicted molar refractivity (Wildman–Crippen MR) is 43.4 cm³/mol. The highest BCUT2D eigenvalue weighted by atomic mass is 35.5. The van der Waals surface area contributed by atoms with Crippen molar-refractivity contribution in [2.24, 2.45) is 0 Å². The monoisotopic (exact) mass is 226 g/mol. The number of alkyl halides is 1. The molecule has 3 nitrogen and oxygen atoms in total. The summed E-state index contributed by atoms with van der Waals surface area (Å²) in [7, 11) is 0. The molecule has 0 bridgehead atoms. The van der Waals surface area contributed by atoms with Crippen molar-refractivity contribution in [3.8, 4) is 0 Å². The van der Waals surface area contributed by atoms with Crippen molar-refractivity contribution in [3.05, 3.63) is 10.1 Å². The molecular formula is C6HCl3O3. The van der Waals surface area contributed by atoms with E-state index in [2.05, 4.69) is 0 Å². The molecule has 64 valence electrons. The van der Waals surface area contributed by atoms with E-state index in [-0.39, 0.29) is 0 Å². The molecule has 0 saturated carbocycles. The molecule has 1 aliphatic rings. The van der Waals surface area contributed by atoms with Gasteiger partial charge in [-0.25, -0.2) is 0 Å². The molecule has 0 spiro atoms. The van der Waals surface area contributed by atoms with E-state index >= 15 is 0 Å². The average Bonchev–Trinajstić information content (AvgIpc) is 2.08. The maximum absolute atomic E-state index is 10.9. The van der Waals surface area contributed by atoms with Gasteiger partial charge < -0.3 is 0 Å². The van der Waals surface area contributed by atoms with Crippen LogP contribution in [0.4, 0.5) is 0 Å². The van der Waals surface area contributed by atoms with E-state index in [1.165, 1.54) is 0 Å². The molecule has 0 heterocycles. The topological polar surface area (TPSA) is 51.2 Å². The Morgan fingerprint density at radius 1 is 0.917 bits per heavy atom. The lowest BCUT2D eigenvalue weighted by Gasteiger charge is -2.11. The normalized spacial score (nSPS) is 25.2. The summed E-state index contributed by atoms with van der Waals surface area (Å²) in [6.07, 6.45) is 0. The molecule has 1 atom stereocenters. The number of carbonyl (C=O) groups excluding carboxylic acids is 3. The summed E-state index contributed by atoms with van der Waals surface area (Å²) in [5, 5.41) is -2.54. The van der Waals surface area contributed by atoms with Gasteiger partial charge in [0.2, 0.25) is 17.3 Å². The molecule has 12 heavy (non-hydrogen) atoms. The number of halogens is 3. The van der Waals surface area contributed by atoms with E-state index < -0.39 is 32.8 Å². The predicted octanol–water partition coefficient (Wildman–Crippen LogP) is 1.00. The molecule has 0 saturated heterocycles. The third-order valence-electron chi connectivity index (χ3n) is 1.29. The maximum atomic E-state index is 10.9. The lowest BCUT2D eigenvalue weighted by molar-refractivity contribution is -0.136. The highest BCUT2D eigenvalue weighted by molar-refractivity contribution is 6.73. The largest absolute Gasteiger partial charge is 0.291 e. The minimum absolute atomic E-state index is 0.471. The third-order valence-corrected chi connectivity index (χ3v) is 2.52. The van der Waals surface area contributed by atoms with Crippen LogP contribution in [0, 0.1) is 0 Å². The summed E-state index contributed by atoms with van der Waals surface area (Å²) >= 11 is 15.9. The van der Waals surface area contributed by atoms with Crippen LogP contribution in [-0.4, -0.2) is 22.7 Å². The number of allylic oxidation sites excluding steroid dienone is 2. The first kappa shape index (κ1) is 9.71. The average molecular weight is 227 g/mol. The molecule has 0 aromatic rings. The Labute approximate surface area is 82.3 Å². The van der Waals surface area contributed by atoms with Crippen LogP contribution in [0.15, 0.2) is 10.1 Å². The van der Waals surface area contributed by atoms with E-state index in [0.29, 0.717) is 0 Å². The lowest BCUT2D eigenvalue weighted by atomic mass is 10.0. The second-order valence-electron chi connectivity index (χ2n) is 2.05. The first-order valence-electron chi connectivity index (χ1n) is 2.79. The van der Waals surface area contributed by atoms with Crippen molar-refractivity contribution >= 4 is 52.2 Å². The zero-order chi connectivity index (χ0) is 9.46. The molecule has 0 aliphatic heterocycles. The van der Waals surface area contributed by atoms with Crippen molar-refractivity contribution in [2.45, 2.75) is 5.38 Å². The molecule has 1 rings (SSSR count). The molecule has 0 fully saturated rings. The number of ketones is 3. The molecular weight excluding hydrogens is 226 g/mol. The van der Waals surface area contributed by atoms with Gasteiger partial charge >= 0.3 is 0 Å². The number of Topliss-reactive ketones (excluding diaryl/α,β-unsaturated/α-hetero) is 3. The van der Waals surface area contributed by atoms with Gasteiger partial charge in [-0.1, -0.05) is 23.2 Å². The first-order valence-corrected chi connectivity index (χ1v) is 3.98. The van der Waals surface area contributed by atoms with E-state index in [4.69, 9.17) is 34.8 Å². The van der Waals surface area contributed by atoms with Crippen LogP contribution in [0.3, 0.4) is 0 Å². The quantitative estimate of drug-likeness (QED) is 0.352. The van der Waals surface area contributed by atoms with Crippen LogP contribution in [-0.2, 0) is 14.4 Å². The van der Waals surface area contributed by atoms with Crippen LogP contribution in [0.1, 0.15) is 0 Å². The van der Waals surface area contributed by atoms with Crippen LogP contribution < -0.4 is 0 Å². The van der Waals surface area contributed by atoms with E-state index in [1.807, 2.05) is 0 Å². The fraction of sp³-hybridized carbons (Fsp3) is 0.167. The number of hydrogen-bond acceptors (Lipinski definition) is 3. The standard InChI is InChI=1S/C6HCl3O3/c7-1-2(8)5(11)6(12)3(9)4(1)10/h3H. The van der Waals surface area contributed by atoms with Gasteiger partial charge in [0.25, 0.3) is 0 Å². The Morgan fingerprint density at radius 3 is 1.92 bits per heavy atom. The van der Waals surface area contributed by atoms with Gasteiger partial charge in [0.1, 0.15) is 10.1 Å². The minimum Gasteiger partial charge on any atom is -0.291 e. The maximum Gasteiger partial charge on any atom is 0.243 e. The van der Waals surface area contributed by atoms with Crippen molar-refractivity contribution in [3.63, 3.8) is 0 Å². The number of carbonyl (C=O) groups is 3. The summed E-state index contributed by atoms with van der Waals surface area (Å²) < 4.78 is 0. The van der Waals surface area contributed by atoms with Crippen molar-refractivity contribution < 1.29 is 14.4 Å². The molecule has 1 aliphatic carbocycles. The Hall–Kier alpha value is -0.380. The third kappa shape index (κ3) is 1.28. The smallest absolute Gasteiger partial charge is 0.243 e. The molecule has 0 radical (unpaired) electrons. The summed E-state index contributed by atoms with van der Waals surface area (Å²) in [5.41, 5.74) is 0. The van der Waals surface area contributed by atoms with E-state index in [0.717, 1.165) is 0 Å². The molecule has 0 aromatic heterocycles. The van der Waals surface area contributed by atoms with Crippen LogP contribution in [0.25, 0.3) is 0 Å². The second kappa shape index (κ2) is 3.17. The van der Waals surface area contributed by atoms with Crippen molar-refractivity contribution in [2.75, 3.05) is 0 Å². The summed E-state index contributed by atoms with van der Waals surface area (Å²) in [6, 6.07) is 0. The fourth-order valence-electron chi connectivity index (χ4n) is 0.661. The van der Waals surface area contributed by atoms with Gasteiger partial charge in [0.05, 0.1) is 0 Å². The van der Waals surface area contributed by atoms with Gasteiger partial charge in [-0.15, -0.1) is 11.6 Å². The highest BCUT2D eigenvalue weighted by Gasteiger charge is 2.39. The van der Waals surface area contributed by atoms with Crippen molar-refractivity contribution in [1.82, 2.24) is 0 Å². The van der Waals surface area contributed by atoms with Gasteiger partial charge in [0.15, 0.2) is 5.38 Å². The SMILES string of the molecule is O=C1C(=O)C(Cl)C(=O)C(Cl)=C1Cl. The van der Waals surface area contributed by atoms with Gasteiger partial charge in [-0.05, 0) is 0 Å². The Kier molecular flexibility index (Phi) is 2.56. The fourth-order valence-corrected chi connectivity index (χ4v) is 1.31. The van der Waals surface area contributed by atoms with E-state index in [1.54, 1.807) is 0 Å². The molecule has 0 amide bonds. The zero-order valence-corrected chi connectivity index (χ0v) is 7.70. The summed E-state index contributed by atoms with van der Waals surface area (Å²) in [4.78, 5) is 32.6. The second-order valence-corrected chi connectivity index (χ2v) is 3.24. The van der Waals surface area contributed by atoms with Gasteiger partial charge in [-0.2, -0.15) is 0 Å². The van der Waals surface area contributed by atoms with Gasteiger partial charge in [-0.3, -0.25) is 14.4 Å². The van der Waals surface area contributed by atoms with Gasteiger partial charge in [0, 0.05) is 0 Å². The molecule has 0 aromatic carbocycles. The Bertz CT molecular complexity index is 318. The van der Waals surface area contributed by atoms with Crippen molar-refractivity contribution in [1.29, 1.82) is 0 Å². The Morgan fingerprint density at radius 2 is 1.42 bits per heavy atom. The molecule has 1 unspecified atom stereocenters. The first-order chi connectivity index (χ1) is 5.46. The molecule has 0 N–H and O–H groups in total. The molecule has 6 heteroatoms. The van der Waals surface area contributed by atoms with Crippen LogP contribution in [0.5, 0.6) is 0 Å². The van der Waals surface area contributed by atoms with Crippen LogP contribution in [0.2, 0.25) is 0 Å². The summed E-state index contributed by atoms with van der Waals surface area (Å²) in [6.45, 7) is 0.